The molecule has 2 heterocycles. The zero-order valence-electron chi connectivity index (χ0n) is 14.7. The average Bonchev–Trinajstić information content (AvgIpc) is 2.59. The number of anilines is 2. The van der Waals surface area contributed by atoms with E-state index in [2.05, 4.69) is 20.3 Å². The average molecular weight is 376 g/mol. The van der Waals surface area contributed by atoms with E-state index in [1.165, 1.54) is 6.07 Å². The lowest BCUT2D eigenvalue weighted by molar-refractivity contribution is -0.117. The minimum absolute atomic E-state index is 0.261. The molecule has 0 saturated carbocycles. The second kappa shape index (κ2) is 7.22. The number of hydrogen-bond donors (Lipinski definition) is 3. The highest BCUT2D eigenvalue weighted by Gasteiger charge is 2.40. The highest BCUT2D eigenvalue weighted by atomic mass is 32.2. The Labute approximate surface area is 154 Å². The first-order valence-electron chi connectivity index (χ1n) is 8.22. The molecule has 3 N–H and O–H groups in total. The SMILES string of the molecule is CC(C)(C)[S@+]([O-])N[C@H](c1ccccc1F)[C@@H]1Nc2ncccc2NC1=O. The predicted molar refractivity (Wildman–Crippen MR) is 100 cm³/mol. The summed E-state index contributed by atoms with van der Waals surface area (Å²) in [4.78, 5) is 16.9. The highest BCUT2D eigenvalue weighted by molar-refractivity contribution is 7.90. The summed E-state index contributed by atoms with van der Waals surface area (Å²) in [6.45, 7) is 5.42. The molecule has 0 saturated heterocycles. The minimum atomic E-state index is -1.51. The number of carbonyl (C=O) groups excluding carboxylic acids is 1. The van der Waals surface area contributed by atoms with Crippen LogP contribution in [0.5, 0.6) is 0 Å². The Hall–Kier alpha value is -2.16. The van der Waals surface area contributed by atoms with Gasteiger partial charge in [-0.3, -0.25) is 4.79 Å². The van der Waals surface area contributed by atoms with Crippen LogP contribution in [0.2, 0.25) is 0 Å². The molecule has 0 unspecified atom stereocenters. The lowest BCUT2D eigenvalue weighted by atomic mass is 9.97. The third kappa shape index (κ3) is 3.82. The van der Waals surface area contributed by atoms with Crippen molar-refractivity contribution in [3.63, 3.8) is 0 Å². The summed E-state index contributed by atoms with van der Waals surface area (Å²) in [5, 5.41) is 5.81. The number of hydrogen-bond acceptors (Lipinski definition) is 5. The van der Waals surface area contributed by atoms with Crippen LogP contribution in [0, 0.1) is 5.82 Å². The Balaban J connectivity index is 1.98. The third-order valence-electron chi connectivity index (χ3n) is 4.00. The van der Waals surface area contributed by atoms with Crippen molar-refractivity contribution in [2.45, 2.75) is 37.6 Å². The molecular weight excluding hydrogens is 355 g/mol. The van der Waals surface area contributed by atoms with E-state index in [0.717, 1.165) is 0 Å². The van der Waals surface area contributed by atoms with Gasteiger partial charge in [-0.1, -0.05) is 18.2 Å². The predicted octanol–water partition coefficient (Wildman–Crippen LogP) is 2.75. The van der Waals surface area contributed by atoms with Crippen LogP contribution in [0.4, 0.5) is 15.9 Å². The van der Waals surface area contributed by atoms with E-state index in [0.29, 0.717) is 11.5 Å². The Morgan fingerprint density at radius 2 is 2.00 bits per heavy atom. The molecule has 0 aliphatic carbocycles. The molecule has 1 aromatic carbocycles. The highest BCUT2D eigenvalue weighted by Crippen LogP contribution is 2.31. The summed E-state index contributed by atoms with van der Waals surface area (Å²) in [6, 6.07) is 7.87. The van der Waals surface area contributed by atoms with Crippen molar-refractivity contribution in [3.8, 4) is 0 Å². The van der Waals surface area contributed by atoms with Crippen LogP contribution in [0.15, 0.2) is 42.6 Å². The van der Waals surface area contributed by atoms with E-state index in [9.17, 15) is 13.7 Å². The largest absolute Gasteiger partial charge is 0.598 e. The van der Waals surface area contributed by atoms with Crippen LogP contribution < -0.4 is 15.4 Å². The van der Waals surface area contributed by atoms with E-state index >= 15 is 0 Å². The molecule has 2 aromatic rings. The fraction of sp³-hybridized carbons (Fsp3) is 0.333. The lowest BCUT2D eigenvalue weighted by Gasteiger charge is -2.34. The summed E-state index contributed by atoms with van der Waals surface area (Å²) in [5.74, 6) is -0.337. The Morgan fingerprint density at radius 1 is 1.27 bits per heavy atom. The van der Waals surface area contributed by atoms with Crippen LogP contribution in [-0.4, -0.2) is 26.2 Å². The number of amides is 1. The van der Waals surface area contributed by atoms with Crippen molar-refractivity contribution in [3.05, 3.63) is 54.0 Å². The first-order chi connectivity index (χ1) is 12.3. The van der Waals surface area contributed by atoms with E-state index in [-0.39, 0.29) is 11.5 Å². The molecule has 0 radical (unpaired) electrons. The fourth-order valence-corrected chi connectivity index (χ4v) is 3.46. The van der Waals surface area contributed by atoms with Gasteiger partial charge in [0.15, 0.2) is 0 Å². The summed E-state index contributed by atoms with van der Waals surface area (Å²) >= 11 is -1.51. The topological polar surface area (TPSA) is 89.1 Å². The second-order valence-corrected chi connectivity index (χ2v) is 9.01. The van der Waals surface area contributed by atoms with Crippen LogP contribution in [0.1, 0.15) is 32.4 Å². The maximum atomic E-state index is 14.5. The molecule has 0 spiro atoms. The van der Waals surface area contributed by atoms with Crippen LogP contribution in [-0.2, 0) is 16.2 Å². The van der Waals surface area contributed by atoms with E-state index < -0.39 is 34.0 Å². The van der Waals surface area contributed by atoms with E-state index in [1.54, 1.807) is 57.3 Å². The smallest absolute Gasteiger partial charge is 0.249 e. The van der Waals surface area contributed by atoms with E-state index in [4.69, 9.17) is 0 Å². The zero-order chi connectivity index (χ0) is 18.9. The quantitative estimate of drug-likeness (QED) is 0.714. The maximum absolute atomic E-state index is 14.5. The number of rotatable bonds is 4. The first-order valence-corrected chi connectivity index (χ1v) is 9.37. The number of aromatic nitrogens is 1. The number of halogens is 1. The van der Waals surface area contributed by atoms with Gasteiger partial charge >= 0.3 is 0 Å². The van der Waals surface area contributed by atoms with Crippen LogP contribution in [0.25, 0.3) is 0 Å². The number of nitrogens with zero attached hydrogens (tertiary/aromatic N) is 1. The van der Waals surface area contributed by atoms with Crippen molar-refractivity contribution in [2.75, 3.05) is 10.6 Å². The van der Waals surface area contributed by atoms with Gasteiger partial charge in [-0.05, 0) is 39.0 Å². The third-order valence-corrected chi connectivity index (χ3v) is 5.58. The van der Waals surface area contributed by atoms with Gasteiger partial charge in [0.05, 0.1) is 5.69 Å². The molecule has 26 heavy (non-hydrogen) atoms. The summed E-state index contributed by atoms with van der Waals surface area (Å²) in [6.07, 6.45) is 1.60. The summed E-state index contributed by atoms with van der Waals surface area (Å²) in [7, 11) is 0. The summed E-state index contributed by atoms with van der Waals surface area (Å²) < 4.78 is 29.5. The van der Waals surface area contributed by atoms with Crippen LogP contribution in [0.3, 0.4) is 0 Å². The monoisotopic (exact) mass is 376 g/mol. The molecule has 138 valence electrons. The molecule has 1 aliphatic rings. The van der Waals surface area contributed by atoms with Gasteiger partial charge in [-0.25, -0.2) is 9.37 Å². The van der Waals surface area contributed by atoms with Crippen LogP contribution >= 0.6 is 0 Å². The van der Waals surface area contributed by atoms with Crippen molar-refractivity contribution >= 4 is 28.8 Å². The van der Waals surface area contributed by atoms with Crippen molar-refractivity contribution in [2.24, 2.45) is 0 Å². The normalized spacial score (nSPS) is 19.1. The number of carbonyl (C=O) groups is 1. The van der Waals surface area contributed by atoms with Gasteiger partial charge in [0, 0.05) is 23.1 Å². The van der Waals surface area contributed by atoms with Crippen molar-refractivity contribution < 1.29 is 13.7 Å². The molecular formula is C18H21FN4O2S. The number of benzene rings is 1. The van der Waals surface area contributed by atoms with Gasteiger partial charge in [0.2, 0.25) is 5.91 Å². The molecule has 3 rings (SSSR count). The Bertz CT molecular complexity index is 812. The molecule has 1 aliphatic heterocycles. The van der Waals surface area contributed by atoms with Crippen molar-refractivity contribution in [1.82, 2.24) is 9.71 Å². The van der Waals surface area contributed by atoms with Gasteiger partial charge in [-0.15, -0.1) is 4.72 Å². The molecule has 1 amide bonds. The lowest BCUT2D eigenvalue weighted by Crippen LogP contribution is -2.52. The second-order valence-electron chi connectivity index (χ2n) is 7.01. The summed E-state index contributed by atoms with van der Waals surface area (Å²) in [5.41, 5.74) is 0.815. The first kappa shape index (κ1) is 18.6. The number of nitrogens with one attached hydrogen (secondary N) is 3. The molecule has 1 aromatic heterocycles. The zero-order valence-corrected chi connectivity index (χ0v) is 15.6. The maximum Gasteiger partial charge on any atom is 0.249 e. The molecule has 8 heteroatoms. The Morgan fingerprint density at radius 3 is 2.69 bits per heavy atom. The molecule has 3 atom stereocenters. The van der Waals surface area contributed by atoms with Gasteiger partial charge < -0.3 is 15.2 Å². The van der Waals surface area contributed by atoms with Gasteiger partial charge in [-0.2, -0.15) is 0 Å². The fourth-order valence-electron chi connectivity index (χ4n) is 2.61. The number of pyridine rings is 1. The standard InChI is InChI=1S/C18H21FN4O2S/c1-18(2,3)26(25)23-14(11-7-4-5-8-12(11)19)15-17(24)21-13-9-6-10-20-16(13)22-15/h4-10,14-15,23H,1-3H3,(H,20,22)(H,21,24)/t14-,15+,26+/m1/s1. The van der Waals surface area contributed by atoms with Crippen molar-refractivity contribution in [1.29, 1.82) is 0 Å². The number of fused-ring (bicyclic) bond motifs is 1. The minimum Gasteiger partial charge on any atom is -0.598 e. The molecule has 0 fully saturated rings. The van der Waals surface area contributed by atoms with Gasteiger partial charge in [0.1, 0.15) is 28.5 Å². The van der Waals surface area contributed by atoms with E-state index in [1.807, 2.05) is 0 Å². The van der Waals surface area contributed by atoms with Gasteiger partial charge in [0.25, 0.3) is 0 Å². The molecule has 6 nitrogen and oxygen atoms in total. The molecule has 0 bridgehead atoms. The Kier molecular flexibility index (Phi) is 5.17.